The minimum Gasteiger partial charge on any atom is -0.331 e. The standard InChI is InChI=1S/C15H16BrClN2O/c1-3-8-19-13(9-10(2)14(19)16)15(20)18-12-6-4-11(17)5-7-12/h4-7,9H,3,8H2,1-2H3,(H,18,20). The molecule has 1 amide bonds. The van der Waals surface area contributed by atoms with E-state index in [2.05, 4.69) is 28.2 Å². The second kappa shape index (κ2) is 6.46. The van der Waals surface area contributed by atoms with Gasteiger partial charge >= 0.3 is 0 Å². The van der Waals surface area contributed by atoms with Gasteiger partial charge in [0.2, 0.25) is 0 Å². The summed E-state index contributed by atoms with van der Waals surface area (Å²) in [6.07, 6.45) is 0.966. The fraction of sp³-hybridized carbons (Fsp3) is 0.267. The lowest BCUT2D eigenvalue weighted by Crippen LogP contribution is -2.17. The molecule has 0 saturated heterocycles. The zero-order chi connectivity index (χ0) is 14.7. The molecule has 0 aliphatic heterocycles. The van der Waals surface area contributed by atoms with Gasteiger partial charge in [0.15, 0.2) is 0 Å². The topological polar surface area (TPSA) is 34.0 Å². The van der Waals surface area contributed by atoms with Crippen LogP contribution in [0.2, 0.25) is 5.02 Å². The first-order valence-electron chi connectivity index (χ1n) is 6.45. The molecule has 106 valence electrons. The third kappa shape index (κ3) is 3.25. The van der Waals surface area contributed by atoms with Crippen LogP contribution in [0, 0.1) is 6.92 Å². The van der Waals surface area contributed by atoms with Crippen LogP contribution in [0.15, 0.2) is 34.9 Å². The third-order valence-electron chi connectivity index (χ3n) is 2.99. The molecule has 0 radical (unpaired) electrons. The number of hydrogen-bond acceptors (Lipinski definition) is 1. The zero-order valence-electron chi connectivity index (χ0n) is 11.4. The maximum absolute atomic E-state index is 12.4. The van der Waals surface area contributed by atoms with E-state index in [0.29, 0.717) is 10.7 Å². The molecule has 0 fully saturated rings. The van der Waals surface area contributed by atoms with E-state index in [-0.39, 0.29) is 5.91 Å². The largest absolute Gasteiger partial charge is 0.331 e. The highest BCUT2D eigenvalue weighted by Gasteiger charge is 2.16. The number of halogens is 2. The van der Waals surface area contributed by atoms with Crippen molar-refractivity contribution in [2.24, 2.45) is 0 Å². The van der Waals surface area contributed by atoms with Crippen LogP contribution in [0.25, 0.3) is 0 Å². The van der Waals surface area contributed by atoms with Crippen molar-refractivity contribution in [2.75, 3.05) is 5.32 Å². The Bertz CT molecular complexity index is 620. The number of nitrogens with zero attached hydrogens (tertiary/aromatic N) is 1. The lowest BCUT2D eigenvalue weighted by Gasteiger charge is -2.10. The summed E-state index contributed by atoms with van der Waals surface area (Å²) in [5, 5.41) is 3.53. The first-order valence-corrected chi connectivity index (χ1v) is 7.62. The van der Waals surface area contributed by atoms with Crippen LogP contribution in [0.4, 0.5) is 5.69 Å². The number of nitrogens with one attached hydrogen (secondary N) is 1. The quantitative estimate of drug-likeness (QED) is 0.833. The number of carbonyl (C=O) groups excluding carboxylic acids is 1. The van der Waals surface area contributed by atoms with Gasteiger partial charge < -0.3 is 9.88 Å². The van der Waals surface area contributed by atoms with Gasteiger partial charge in [-0.1, -0.05) is 18.5 Å². The Morgan fingerprint density at radius 2 is 2.00 bits per heavy atom. The Balaban J connectivity index is 2.25. The van der Waals surface area contributed by atoms with E-state index in [9.17, 15) is 4.79 Å². The van der Waals surface area contributed by atoms with Crippen molar-refractivity contribution in [1.82, 2.24) is 4.57 Å². The molecule has 2 aromatic rings. The molecular formula is C15H16BrClN2O. The van der Waals surface area contributed by atoms with Gasteiger partial charge in [0.25, 0.3) is 5.91 Å². The first kappa shape index (κ1) is 15.1. The Hall–Kier alpha value is -1.26. The van der Waals surface area contributed by atoms with E-state index < -0.39 is 0 Å². The van der Waals surface area contributed by atoms with E-state index in [4.69, 9.17) is 11.6 Å². The summed E-state index contributed by atoms with van der Waals surface area (Å²) in [6, 6.07) is 8.97. The summed E-state index contributed by atoms with van der Waals surface area (Å²) >= 11 is 9.36. The van der Waals surface area contributed by atoms with Gasteiger partial charge in [0, 0.05) is 17.3 Å². The van der Waals surface area contributed by atoms with Crippen LogP contribution in [0.1, 0.15) is 29.4 Å². The second-order valence-corrected chi connectivity index (χ2v) is 5.80. The highest BCUT2D eigenvalue weighted by Crippen LogP contribution is 2.23. The van der Waals surface area contributed by atoms with Crippen molar-refractivity contribution < 1.29 is 4.79 Å². The van der Waals surface area contributed by atoms with Crippen LogP contribution in [0.3, 0.4) is 0 Å². The number of amides is 1. The van der Waals surface area contributed by atoms with E-state index in [1.165, 1.54) is 0 Å². The van der Waals surface area contributed by atoms with Gasteiger partial charge in [-0.2, -0.15) is 0 Å². The van der Waals surface area contributed by atoms with Crippen LogP contribution in [-0.4, -0.2) is 10.5 Å². The van der Waals surface area contributed by atoms with E-state index in [1.54, 1.807) is 24.3 Å². The molecule has 0 bridgehead atoms. The summed E-state index contributed by atoms with van der Waals surface area (Å²) in [4.78, 5) is 12.4. The monoisotopic (exact) mass is 354 g/mol. The molecule has 5 heteroatoms. The Morgan fingerprint density at radius 1 is 1.35 bits per heavy atom. The van der Waals surface area contributed by atoms with Crippen molar-refractivity contribution in [2.45, 2.75) is 26.8 Å². The molecule has 0 aliphatic rings. The van der Waals surface area contributed by atoms with Gasteiger partial charge in [0.1, 0.15) is 5.69 Å². The van der Waals surface area contributed by atoms with Crippen molar-refractivity contribution in [3.8, 4) is 0 Å². The fourth-order valence-corrected chi connectivity index (χ4v) is 2.63. The molecule has 1 N–H and O–H groups in total. The Morgan fingerprint density at radius 3 is 2.60 bits per heavy atom. The van der Waals surface area contributed by atoms with E-state index >= 15 is 0 Å². The smallest absolute Gasteiger partial charge is 0.272 e. The Kier molecular flexibility index (Phi) is 4.89. The predicted octanol–water partition coefficient (Wildman–Crippen LogP) is 4.87. The summed E-state index contributed by atoms with van der Waals surface area (Å²) in [6.45, 7) is 4.87. The van der Waals surface area contributed by atoms with Crippen molar-refractivity contribution in [3.63, 3.8) is 0 Å². The molecule has 0 atom stereocenters. The number of hydrogen-bond donors (Lipinski definition) is 1. The number of benzene rings is 1. The molecule has 2 rings (SSSR count). The zero-order valence-corrected chi connectivity index (χ0v) is 13.8. The number of rotatable bonds is 4. The normalized spacial score (nSPS) is 10.6. The third-order valence-corrected chi connectivity index (χ3v) is 4.29. The van der Waals surface area contributed by atoms with Gasteiger partial charge in [0.05, 0.1) is 4.60 Å². The number of carbonyl (C=O) groups is 1. The van der Waals surface area contributed by atoms with Crippen molar-refractivity contribution in [1.29, 1.82) is 0 Å². The van der Waals surface area contributed by atoms with Crippen LogP contribution >= 0.6 is 27.5 Å². The van der Waals surface area contributed by atoms with Gasteiger partial charge in [-0.15, -0.1) is 0 Å². The van der Waals surface area contributed by atoms with Gasteiger partial charge in [-0.25, -0.2) is 0 Å². The molecule has 3 nitrogen and oxygen atoms in total. The Labute approximate surface area is 132 Å². The molecule has 0 unspecified atom stereocenters. The minimum atomic E-state index is -0.116. The van der Waals surface area contributed by atoms with Crippen molar-refractivity contribution in [3.05, 3.63) is 51.2 Å². The van der Waals surface area contributed by atoms with Crippen LogP contribution < -0.4 is 5.32 Å². The average molecular weight is 356 g/mol. The highest BCUT2D eigenvalue weighted by atomic mass is 79.9. The molecule has 1 heterocycles. The fourth-order valence-electron chi connectivity index (χ4n) is 2.02. The highest BCUT2D eigenvalue weighted by molar-refractivity contribution is 9.10. The lowest BCUT2D eigenvalue weighted by molar-refractivity contribution is 0.101. The number of anilines is 1. The van der Waals surface area contributed by atoms with Gasteiger partial charge in [-0.05, 0) is 65.2 Å². The molecule has 0 saturated carbocycles. The lowest BCUT2D eigenvalue weighted by atomic mass is 10.3. The molecule has 1 aromatic carbocycles. The minimum absolute atomic E-state index is 0.116. The van der Waals surface area contributed by atoms with E-state index in [1.807, 2.05) is 17.6 Å². The SMILES string of the molecule is CCCn1c(C(=O)Nc2ccc(Cl)cc2)cc(C)c1Br. The summed E-state index contributed by atoms with van der Waals surface area (Å²) in [5.41, 5.74) is 2.45. The molecule has 0 aliphatic carbocycles. The average Bonchev–Trinajstić information content (AvgIpc) is 2.70. The van der Waals surface area contributed by atoms with Crippen molar-refractivity contribution >= 4 is 39.1 Å². The van der Waals surface area contributed by atoms with E-state index in [0.717, 1.165) is 28.8 Å². The van der Waals surface area contributed by atoms with Crippen LogP contribution in [0.5, 0.6) is 0 Å². The molecule has 1 aromatic heterocycles. The van der Waals surface area contributed by atoms with Gasteiger partial charge in [-0.3, -0.25) is 4.79 Å². The number of aromatic nitrogens is 1. The number of aryl methyl sites for hydroxylation is 1. The molecule has 0 spiro atoms. The second-order valence-electron chi connectivity index (χ2n) is 4.62. The maximum atomic E-state index is 12.4. The van der Waals surface area contributed by atoms with Crippen LogP contribution in [-0.2, 0) is 6.54 Å². The first-order chi connectivity index (χ1) is 9.52. The summed E-state index contributed by atoms with van der Waals surface area (Å²) in [5.74, 6) is -0.116. The maximum Gasteiger partial charge on any atom is 0.272 e. The molecular weight excluding hydrogens is 340 g/mol. The predicted molar refractivity (Wildman–Crippen MR) is 86.6 cm³/mol. The summed E-state index contributed by atoms with van der Waals surface area (Å²) < 4.78 is 2.95. The summed E-state index contributed by atoms with van der Waals surface area (Å²) in [7, 11) is 0. The molecule has 20 heavy (non-hydrogen) atoms.